The number of benzene rings is 2. The fourth-order valence-electron chi connectivity index (χ4n) is 5.63. The third-order valence-electron chi connectivity index (χ3n) is 7.58. The van der Waals surface area contributed by atoms with Crippen molar-refractivity contribution in [3.05, 3.63) is 59.7 Å². The van der Waals surface area contributed by atoms with Crippen LogP contribution in [0.15, 0.2) is 48.5 Å². The maximum absolute atomic E-state index is 12.7. The Labute approximate surface area is 199 Å². The fraction of sp³-hybridized carbons (Fsp3) is 0.444. The van der Waals surface area contributed by atoms with Crippen LogP contribution in [0.4, 0.5) is 4.79 Å². The van der Waals surface area contributed by atoms with E-state index in [0.29, 0.717) is 6.42 Å². The number of nitrogens with zero attached hydrogens (tertiary/aromatic N) is 1. The molecule has 2 fully saturated rings. The van der Waals surface area contributed by atoms with E-state index in [0.717, 1.165) is 25.7 Å². The van der Waals surface area contributed by atoms with Crippen molar-refractivity contribution in [3.8, 4) is 11.1 Å². The summed E-state index contributed by atoms with van der Waals surface area (Å²) in [6.07, 6.45) is 3.61. The number of carbonyl (C=O) groups is 3. The van der Waals surface area contributed by atoms with E-state index < -0.39 is 18.0 Å². The molecule has 0 bridgehead atoms. The molecule has 2 unspecified atom stereocenters. The normalized spacial score (nSPS) is 21.8. The molecule has 1 aliphatic heterocycles. The number of nitrogens with one attached hydrogen (secondary N) is 1. The van der Waals surface area contributed by atoms with Crippen LogP contribution < -0.4 is 5.32 Å². The highest BCUT2D eigenvalue weighted by molar-refractivity contribution is 5.81. The van der Waals surface area contributed by atoms with Crippen molar-refractivity contribution >= 4 is 18.0 Å². The van der Waals surface area contributed by atoms with Gasteiger partial charge in [0, 0.05) is 31.5 Å². The summed E-state index contributed by atoms with van der Waals surface area (Å²) in [7, 11) is 0. The first-order valence-electron chi connectivity index (χ1n) is 12.1. The number of carbonyl (C=O) groups excluding carboxylic acids is 2. The van der Waals surface area contributed by atoms with Crippen LogP contribution in [0.3, 0.4) is 0 Å². The predicted octanol–water partition coefficient (Wildman–Crippen LogP) is 4.02. The molecule has 0 spiro atoms. The summed E-state index contributed by atoms with van der Waals surface area (Å²) in [5, 5.41) is 12.1. The second-order valence-electron chi connectivity index (χ2n) is 9.66. The number of aliphatic carboxylic acids is 1. The van der Waals surface area contributed by atoms with Gasteiger partial charge in [0.25, 0.3) is 0 Å². The molecule has 2 N–H and O–H groups in total. The van der Waals surface area contributed by atoms with Crippen LogP contribution in [0.5, 0.6) is 0 Å². The molecule has 1 saturated heterocycles. The Kier molecular flexibility index (Phi) is 6.26. The van der Waals surface area contributed by atoms with Gasteiger partial charge in [-0.05, 0) is 41.0 Å². The molecule has 0 aromatic heterocycles. The summed E-state index contributed by atoms with van der Waals surface area (Å²) in [6, 6.07) is 16.4. The van der Waals surface area contributed by atoms with Crippen LogP contribution in [-0.4, -0.2) is 53.7 Å². The largest absolute Gasteiger partial charge is 0.481 e. The number of hydrogen-bond donors (Lipinski definition) is 2. The van der Waals surface area contributed by atoms with Gasteiger partial charge in [-0.2, -0.15) is 0 Å². The van der Waals surface area contributed by atoms with Crippen LogP contribution in [-0.2, 0) is 14.3 Å². The molecule has 1 heterocycles. The molecule has 3 aliphatic rings. The monoisotopic (exact) mass is 462 g/mol. The van der Waals surface area contributed by atoms with E-state index in [2.05, 4.69) is 29.6 Å². The maximum atomic E-state index is 12.7. The van der Waals surface area contributed by atoms with Crippen molar-refractivity contribution in [1.82, 2.24) is 10.2 Å². The van der Waals surface area contributed by atoms with E-state index in [1.807, 2.05) is 24.3 Å². The first-order chi connectivity index (χ1) is 16.5. The number of ether oxygens (including phenoxy) is 1. The van der Waals surface area contributed by atoms with Gasteiger partial charge in [-0.15, -0.1) is 0 Å². The molecule has 0 radical (unpaired) electrons. The zero-order chi connectivity index (χ0) is 23.7. The Morgan fingerprint density at radius 1 is 0.941 bits per heavy atom. The Balaban J connectivity index is 1.17. The molecule has 34 heavy (non-hydrogen) atoms. The SMILES string of the molecule is O=C(NC1CCCCC1CC(=O)N1CC(C(=O)O)C1)OCC1c2ccccc2-c2ccccc21. The van der Waals surface area contributed by atoms with Gasteiger partial charge in [0.15, 0.2) is 0 Å². The van der Waals surface area contributed by atoms with E-state index in [1.54, 1.807) is 4.90 Å². The summed E-state index contributed by atoms with van der Waals surface area (Å²) in [5.41, 5.74) is 4.72. The molecule has 2 amide bonds. The van der Waals surface area contributed by atoms with Crippen molar-refractivity contribution in [1.29, 1.82) is 0 Å². The summed E-state index contributed by atoms with van der Waals surface area (Å²) in [5.74, 6) is -1.27. The number of alkyl carbamates (subject to hydrolysis) is 1. The zero-order valence-electron chi connectivity index (χ0n) is 19.1. The number of carboxylic acids is 1. The van der Waals surface area contributed by atoms with Crippen molar-refractivity contribution < 1.29 is 24.2 Å². The van der Waals surface area contributed by atoms with E-state index in [4.69, 9.17) is 9.84 Å². The number of likely N-dealkylation sites (tertiary alicyclic amines) is 1. The third kappa shape index (κ3) is 4.39. The molecular formula is C27H30N2O5. The molecule has 2 aromatic rings. The first-order valence-corrected chi connectivity index (χ1v) is 12.1. The van der Waals surface area contributed by atoms with Crippen molar-refractivity contribution in [3.63, 3.8) is 0 Å². The maximum Gasteiger partial charge on any atom is 0.407 e. The summed E-state index contributed by atoms with van der Waals surface area (Å²) in [6.45, 7) is 0.831. The number of carboxylic acid groups (broad SMARTS) is 1. The van der Waals surface area contributed by atoms with Crippen LogP contribution in [0.1, 0.15) is 49.1 Å². The predicted molar refractivity (Wildman–Crippen MR) is 126 cm³/mol. The molecule has 2 aromatic carbocycles. The highest BCUT2D eigenvalue weighted by Gasteiger charge is 2.38. The topological polar surface area (TPSA) is 95.9 Å². The Hall–Kier alpha value is -3.35. The van der Waals surface area contributed by atoms with Gasteiger partial charge in [0.05, 0.1) is 5.92 Å². The van der Waals surface area contributed by atoms with E-state index in [9.17, 15) is 14.4 Å². The second kappa shape index (κ2) is 9.49. The summed E-state index contributed by atoms with van der Waals surface area (Å²) < 4.78 is 5.71. The summed E-state index contributed by atoms with van der Waals surface area (Å²) >= 11 is 0. The van der Waals surface area contributed by atoms with Gasteiger partial charge in [-0.25, -0.2) is 4.79 Å². The quantitative estimate of drug-likeness (QED) is 0.676. The standard InChI is InChI=1S/C27H30N2O5/c30-25(29-14-18(15-29)26(31)32)13-17-7-1-6-12-24(17)28-27(33)34-16-23-21-10-4-2-8-19(21)20-9-3-5-11-22(20)23/h2-5,8-11,17-18,23-24H,1,6-7,12-16H2,(H,28,33)(H,31,32). The fourth-order valence-corrected chi connectivity index (χ4v) is 5.63. The Morgan fingerprint density at radius 2 is 1.56 bits per heavy atom. The molecule has 178 valence electrons. The molecule has 2 atom stereocenters. The van der Waals surface area contributed by atoms with Gasteiger partial charge in [-0.1, -0.05) is 61.4 Å². The number of amides is 2. The molecular weight excluding hydrogens is 432 g/mol. The van der Waals surface area contributed by atoms with Crippen molar-refractivity contribution in [2.45, 2.75) is 44.1 Å². The van der Waals surface area contributed by atoms with Gasteiger partial charge < -0.3 is 20.1 Å². The van der Waals surface area contributed by atoms with Crippen LogP contribution in [0.25, 0.3) is 11.1 Å². The van der Waals surface area contributed by atoms with E-state index in [1.165, 1.54) is 22.3 Å². The molecule has 7 nitrogen and oxygen atoms in total. The average molecular weight is 463 g/mol. The van der Waals surface area contributed by atoms with E-state index >= 15 is 0 Å². The van der Waals surface area contributed by atoms with Gasteiger partial charge in [0.2, 0.25) is 5.91 Å². The lowest BCUT2D eigenvalue weighted by Crippen LogP contribution is -2.54. The summed E-state index contributed by atoms with van der Waals surface area (Å²) in [4.78, 5) is 38.0. The Morgan fingerprint density at radius 3 is 2.21 bits per heavy atom. The molecule has 5 rings (SSSR count). The minimum Gasteiger partial charge on any atom is -0.481 e. The second-order valence-corrected chi connectivity index (χ2v) is 9.66. The smallest absolute Gasteiger partial charge is 0.407 e. The van der Waals surface area contributed by atoms with Crippen LogP contribution in [0.2, 0.25) is 0 Å². The molecule has 7 heteroatoms. The van der Waals surface area contributed by atoms with Crippen molar-refractivity contribution in [2.24, 2.45) is 11.8 Å². The highest BCUT2D eigenvalue weighted by atomic mass is 16.5. The Bertz CT molecular complexity index is 1050. The third-order valence-corrected chi connectivity index (χ3v) is 7.58. The molecule has 1 saturated carbocycles. The highest BCUT2D eigenvalue weighted by Crippen LogP contribution is 2.44. The number of fused-ring (bicyclic) bond motifs is 3. The minimum absolute atomic E-state index is 0.00970. The van der Waals surface area contributed by atoms with Crippen LogP contribution >= 0.6 is 0 Å². The number of hydrogen-bond acceptors (Lipinski definition) is 4. The lowest BCUT2D eigenvalue weighted by molar-refractivity contribution is -0.153. The average Bonchev–Trinajstić information content (AvgIpc) is 3.11. The molecule has 2 aliphatic carbocycles. The first kappa shape index (κ1) is 22.4. The van der Waals surface area contributed by atoms with Crippen molar-refractivity contribution in [2.75, 3.05) is 19.7 Å². The minimum atomic E-state index is -0.850. The lowest BCUT2D eigenvalue weighted by atomic mass is 9.81. The number of rotatable bonds is 6. The van der Waals surface area contributed by atoms with Gasteiger partial charge >= 0.3 is 12.1 Å². The van der Waals surface area contributed by atoms with Gasteiger partial charge in [-0.3, -0.25) is 9.59 Å². The lowest BCUT2D eigenvalue weighted by Gasteiger charge is -2.39. The van der Waals surface area contributed by atoms with Gasteiger partial charge in [0.1, 0.15) is 6.61 Å². The van der Waals surface area contributed by atoms with Crippen LogP contribution in [0, 0.1) is 11.8 Å². The van der Waals surface area contributed by atoms with E-state index in [-0.39, 0.29) is 43.5 Å². The zero-order valence-corrected chi connectivity index (χ0v) is 19.1.